The van der Waals surface area contributed by atoms with Crippen LogP contribution in [0.3, 0.4) is 0 Å². The van der Waals surface area contributed by atoms with Gasteiger partial charge in [-0.05, 0) is 19.1 Å². The van der Waals surface area contributed by atoms with E-state index in [4.69, 9.17) is 10.5 Å². The zero-order valence-corrected chi connectivity index (χ0v) is 10.5. The summed E-state index contributed by atoms with van der Waals surface area (Å²) in [5.41, 5.74) is 7.25. The van der Waals surface area contributed by atoms with E-state index in [0.717, 1.165) is 12.2 Å². The Morgan fingerprint density at radius 1 is 1.53 bits per heavy atom. The van der Waals surface area contributed by atoms with Crippen molar-refractivity contribution in [2.75, 3.05) is 37.9 Å². The molecule has 1 amide bonds. The van der Waals surface area contributed by atoms with E-state index in [1.54, 1.807) is 20.2 Å². The normalized spacial score (nSPS) is 9.82. The highest BCUT2D eigenvalue weighted by Gasteiger charge is 2.10. The number of hydrogen-bond acceptors (Lipinski definition) is 4. The summed E-state index contributed by atoms with van der Waals surface area (Å²) in [4.78, 5) is 13.3. The average Bonchev–Trinajstić information content (AvgIpc) is 2.36. The molecule has 0 atom stereocenters. The molecule has 5 nitrogen and oxygen atoms in total. The second-order valence-corrected chi connectivity index (χ2v) is 3.61. The SMILES string of the molecule is CCN(CC(=O)NC)c1ccc(N)c(OC)c1. The van der Waals surface area contributed by atoms with Gasteiger partial charge < -0.3 is 20.7 Å². The van der Waals surface area contributed by atoms with E-state index in [2.05, 4.69) is 5.32 Å². The molecule has 0 spiro atoms. The third-order valence-corrected chi connectivity index (χ3v) is 2.58. The number of ether oxygens (including phenoxy) is 1. The van der Waals surface area contributed by atoms with Crippen molar-refractivity contribution in [1.82, 2.24) is 5.32 Å². The lowest BCUT2D eigenvalue weighted by molar-refractivity contribution is -0.119. The van der Waals surface area contributed by atoms with E-state index in [0.29, 0.717) is 18.0 Å². The van der Waals surface area contributed by atoms with Crippen molar-refractivity contribution in [3.63, 3.8) is 0 Å². The Morgan fingerprint density at radius 3 is 2.76 bits per heavy atom. The highest BCUT2D eigenvalue weighted by atomic mass is 16.5. The molecule has 0 aliphatic heterocycles. The van der Waals surface area contributed by atoms with Crippen molar-refractivity contribution >= 4 is 17.3 Å². The fourth-order valence-electron chi connectivity index (χ4n) is 1.53. The Labute approximate surface area is 102 Å². The van der Waals surface area contributed by atoms with E-state index in [1.165, 1.54) is 0 Å². The summed E-state index contributed by atoms with van der Waals surface area (Å²) < 4.78 is 5.16. The zero-order chi connectivity index (χ0) is 12.8. The largest absolute Gasteiger partial charge is 0.495 e. The third kappa shape index (κ3) is 3.27. The molecule has 0 radical (unpaired) electrons. The fraction of sp³-hybridized carbons (Fsp3) is 0.417. The van der Waals surface area contributed by atoms with Gasteiger partial charge in [0, 0.05) is 25.3 Å². The molecule has 94 valence electrons. The lowest BCUT2D eigenvalue weighted by Crippen LogP contribution is -2.35. The number of nitrogens with zero attached hydrogens (tertiary/aromatic N) is 1. The van der Waals surface area contributed by atoms with Gasteiger partial charge in [0.05, 0.1) is 19.3 Å². The van der Waals surface area contributed by atoms with Crippen molar-refractivity contribution in [3.05, 3.63) is 18.2 Å². The summed E-state index contributed by atoms with van der Waals surface area (Å²) in [5.74, 6) is 0.598. The second kappa shape index (κ2) is 5.98. The Balaban J connectivity index is 2.91. The summed E-state index contributed by atoms with van der Waals surface area (Å²) in [5, 5.41) is 2.60. The fourth-order valence-corrected chi connectivity index (χ4v) is 1.53. The van der Waals surface area contributed by atoms with Gasteiger partial charge in [0.15, 0.2) is 0 Å². The first-order valence-electron chi connectivity index (χ1n) is 5.51. The standard InChI is InChI=1S/C12H19N3O2/c1-4-15(8-12(16)14-2)9-5-6-10(13)11(7-9)17-3/h5-7H,4,8,13H2,1-3H3,(H,14,16). The van der Waals surface area contributed by atoms with E-state index in [-0.39, 0.29) is 5.91 Å². The molecule has 1 aromatic rings. The van der Waals surface area contributed by atoms with Crippen molar-refractivity contribution in [1.29, 1.82) is 0 Å². The first kappa shape index (κ1) is 13.2. The van der Waals surface area contributed by atoms with Crippen LogP contribution < -0.4 is 20.7 Å². The molecule has 0 bridgehead atoms. The molecular weight excluding hydrogens is 218 g/mol. The molecule has 1 rings (SSSR count). The van der Waals surface area contributed by atoms with E-state index in [9.17, 15) is 4.79 Å². The van der Waals surface area contributed by atoms with Gasteiger partial charge in [-0.2, -0.15) is 0 Å². The van der Waals surface area contributed by atoms with Crippen LogP contribution in [0, 0.1) is 0 Å². The van der Waals surface area contributed by atoms with Crippen LogP contribution in [-0.2, 0) is 4.79 Å². The van der Waals surface area contributed by atoms with Gasteiger partial charge in [0.1, 0.15) is 5.75 Å². The molecule has 0 unspecified atom stereocenters. The lowest BCUT2D eigenvalue weighted by Gasteiger charge is -2.22. The van der Waals surface area contributed by atoms with Gasteiger partial charge in [-0.3, -0.25) is 4.79 Å². The number of rotatable bonds is 5. The Morgan fingerprint density at radius 2 is 2.24 bits per heavy atom. The molecule has 0 heterocycles. The van der Waals surface area contributed by atoms with Crippen LogP contribution >= 0.6 is 0 Å². The Kier molecular flexibility index (Phi) is 4.63. The maximum atomic E-state index is 11.4. The minimum atomic E-state index is -0.0253. The molecule has 0 aromatic heterocycles. The van der Waals surface area contributed by atoms with E-state index in [1.807, 2.05) is 24.0 Å². The predicted molar refractivity (Wildman–Crippen MR) is 69.4 cm³/mol. The first-order valence-corrected chi connectivity index (χ1v) is 5.51. The summed E-state index contributed by atoms with van der Waals surface area (Å²) >= 11 is 0. The van der Waals surface area contributed by atoms with Gasteiger partial charge in [0.2, 0.25) is 5.91 Å². The number of amides is 1. The number of anilines is 2. The van der Waals surface area contributed by atoms with Crippen LogP contribution in [0.4, 0.5) is 11.4 Å². The zero-order valence-electron chi connectivity index (χ0n) is 10.5. The van der Waals surface area contributed by atoms with Crippen LogP contribution in [0.25, 0.3) is 0 Å². The molecule has 0 aliphatic rings. The monoisotopic (exact) mass is 237 g/mol. The number of nitrogen functional groups attached to an aromatic ring is 1. The highest BCUT2D eigenvalue weighted by molar-refractivity contribution is 5.81. The highest BCUT2D eigenvalue weighted by Crippen LogP contribution is 2.27. The number of methoxy groups -OCH3 is 1. The smallest absolute Gasteiger partial charge is 0.239 e. The Bertz CT molecular complexity index is 393. The third-order valence-electron chi connectivity index (χ3n) is 2.58. The van der Waals surface area contributed by atoms with Crippen LogP contribution in [-0.4, -0.2) is 33.2 Å². The van der Waals surface area contributed by atoms with Gasteiger partial charge in [-0.1, -0.05) is 0 Å². The van der Waals surface area contributed by atoms with E-state index >= 15 is 0 Å². The first-order chi connectivity index (χ1) is 8.12. The average molecular weight is 237 g/mol. The molecule has 5 heteroatoms. The summed E-state index contributed by atoms with van der Waals surface area (Å²) in [6.45, 7) is 3.05. The van der Waals surface area contributed by atoms with Crippen LogP contribution in [0.1, 0.15) is 6.92 Å². The number of carbonyl (C=O) groups is 1. The molecule has 0 saturated carbocycles. The molecule has 0 aliphatic carbocycles. The number of carbonyl (C=O) groups excluding carboxylic acids is 1. The Hall–Kier alpha value is -1.91. The maximum Gasteiger partial charge on any atom is 0.239 e. The van der Waals surface area contributed by atoms with E-state index < -0.39 is 0 Å². The molecule has 17 heavy (non-hydrogen) atoms. The molecule has 0 saturated heterocycles. The van der Waals surface area contributed by atoms with Crippen LogP contribution in [0.15, 0.2) is 18.2 Å². The lowest BCUT2D eigenvalue weighted by atomic mass is 10.2. The topological polar surface area (TPSA) is 67.6 Å². The number of likely N-dealkylation sites (N-methyl/N-ethyl adjacent to an activating group) is 2. The van der Waals surface area contributed by atoms with Gasteiger partial charge in [-0.15, -0.1) is 0 Å². The minimum Gasteiger partial charge on any atom is -0.495 e. The van der Waals surface area contributed by atoms with Gasteiger partial charge >= 0.3 is 0 Å². The second-order valence-electron chi connectivity index (χ2n) is 3.61. The van der Waals surface area contributed by atoms with Crippen LogP contribution in [0.2, 0.25) is 0 Å². The molecule has 1 aromatic carbocycles. The van der Waals surface area contributed by atoms with Crippen molar-refractivity contribution in [3.8, 4) is 5.75 Å². The summed E-state index contributed by atoms with van der Waals surface area (Å²) in [6, 6.07) is 5.49. The summed E-state index contributed by atoms with van der Waals surface area (Å²) in [6.07, 6.45) is 0. The maximum absolute atomic E-state index is 11.4. The summed E-state index contributed by atoms with van der Waals surface area (Å²) in [7, 11) is 3.20. The number of benzene rings is 1. The van der Waals surface area contributed by atoms with Crippen molar-refractivity contribution in [2.24, 2.45) is 0 Å². The molecular formula is C12H19N3O2. The predicted octanol–water partition coefficient (Wildman–Crippen LogP) is 0.850. The minimum absolute atomic E-state index is 0.0253. The van der Waals surface area contributed by atoms with Crippen molar-refractivity contribution in [2.45, 2.75) is 6.92 Å². The number of nitrogens with two attached hydrogens (primary N) is 1. The molecule has 3 N–H and O–H groups in total. The van der Waals surface area contributed by atoms with Crippen molar-refractivity contribution < 1.29 is 9.53 Å². The number of hydrogen-bond donors (Lipinski definition) is 2. The molecule has 0 fully saturated rings. The van der Waals surface area contributed by atoms with Crippen LogP contribution in [0.5, 0.6) is 5.75 Å². The van der Waals surface area contributed by atoms with Gasteiger partial charge in [0.25, 0.3) is 0 Å². The quantitative estimate of drug-likeness (QED) is 0.745. The number of nitrogens with one attached hydrogen (secondary N) is 1. The van der Waals surface area contributed by atoms with Gasteiger partial charge in [-0.25, -0.2) is 0 Å².